The van der Waals surface area contributed by atoms with E-state index < -0.39 is 46.7 Å². The van der Waals surface area contributed by atoms with Crippen molar-refractivity contribution in [2.24, 2.45) is 0 Å². The Bertz CT molecular complexity index is 2350. The summed E-state index contributed by atoms with van der Waals surface area (Å²) < 4.78 is 66.6. The molecule has 1 aliphatic heterocycles. The Kier molecular flexibility index (Phi) is 16.5. The second kappa shape index (κ2) is 22.6. The molecule has 8 nitrogen and oxygen atoms in total. The van der Waals surface area contributed by atoms with E-state index in [1.807, 2.05) is 140 Å². The highest BCUT2D eigenvalue weighted by Crippen LogP contribution is 2.35. The highest BCUT2D eigenvalue weighted by Gasteiger charge is 2.51. The molecule has 0 aromatic heterocycles. The molecule has 62 heavy (non-hydrogen) atoms. The topological polar surface area (TPSA) is 89.5 Å². The molecule has 1 saturated heterocycles. The van der Waals surface area contributed by atoms with Crippen LogP contribution in [0.2, 0.25) is 5.02 Å². The summed E-state index contributed by atoms with van der Waals surface area (Å²) in [5, 5.41) is 0.576. The molecule has 0 radical (unpaired) electrons. The van der Waals surface area contributed by atoms with Gasteiger partial charge in [0.15, 0.2) is 0 Å². The van der Waals surface area contributed by atoms with Crippen molar-refractivity contribution in [2.75, 3.05) is 12.9 Å². The molecule has 1 fully saturated rings. The molecule has 0 N–H and O–H groups in total. The fraction of sp³-hybridized carbons (Fsp3) is 0.308. The predicted molar refractivity (Wildman–Crippen MR) is 243 cm³/mol. The van der Waals surface area contributed by atoms with Crippen LogP contribution in [0, 0.1) is 0 Å². The van der Waals surface area contributed by atoms with Gasteiger partial charge in [-0.05, 0) is 63.4 Å². The molecule has 6 aromatic rings. The van der Waals surface area contributed by atoms with E-state index in [2.05, 4.69) is 31.2 Å². The molecule has 10 heteroatoms. The van der Waals surface area contributed by atoms with Crippen LogP contribution in [0.4, 0.5) is 0 Å². The van der Waals surface area contributed by atoms with Crippen molar-refractivity contribution in [2.45, 2.75) is 89.2 Å². The number of ether oxygens (including phenoxy) is 5. The molecule has 6 atom stereocenters. The van der Waals surface area contributed by atoms with Crippen molar-refractivity contribution >= 4 is 21.7 Å². The Morgan fingerprint density at radius 3 is 1.53 bits per heavy atom. The van der Waals surface area contributed by atoms with Crippen LogP contribution in [0.3, 0.4) is 0 Å². The molecule has 1 aliphatic rings. The monoisotopic (exact) mass is 874 g/mol. The highest BCUT2D eigenvalue weighted by molar-refractivity contribution is 7.86. The van der Waals surface area contributed by atoms with Crippen LogP contribution in [0.15, 0.2) is 164 Å². The number of hydrogen-bond acceptors (Lipinski definition) is 8. The lowest BCUT2D eigenvalue weighted by atomic mass is 9.89. The van der Waals surface area contributed by atoms with Gasteiger partial charge in [-0.15, -0.1) is 0 Å². The van der Waals surface area contributed by atoms with Gasteiger partial charge in [0.1, 0.15) is 36.6 Å². The van der Waals surface area contributed by atoms with E-state index in [1.165, 1.54) is 5.56 Å². The summed E-state index contributed by atoms with van der Waals surface area (Å²) in [5.41, 5.74) is 8.01. The Balaban J connectivity index is 1.25. The van der Waals surface area contributed by atoms with Crippen molar-refractivity contribution in [3.63, 3.8) is 0 Å². The first-order chi connectivity index (χ1) is 30.2. The van der Waals surface area contributed by atoms with Gasteiger partial charge in [0.05, 0.1) is 39.3 Å². The Morgan fingerprint density at radius 1 is 0.565 bits per heavy atom. The minimum absolute atomic E-state index is 0.118. The molecular formula is C52H55ClO8S. The van der Waals surface area contributed by atoms with E-state index in [0.717, 1.165) is 51.6 Å². The van der Waals surface area contributed by atoms with Crippen molar-refractivity contribution in [3.8, 4) is 0 Å². The average molecular weight is 876 g/mol. The highest BCUT2D eigenvalue weighted by atomic mass is 35.5. The lowest BCUT2D eigenvalue weighted by molar-refractivity contribution is -0.284. The molecule has 1 heterocycles. The molecule has 0 saturated carbocycles. The van der Waals surface area contributed by atoms with Crippen LogP contribution in [0.5, 0.6) is 0 Å². The van der Waals surface area contributed by atoms with E-state index in [4.69, 9.17) is 39.5 Å². The molecular weight excluding hydrogens is 820 g/mol. The van der Waals surface area contributed by atoms with Crippen LogP contribution in [-0.4, -0.2) is 57.9 Å². The van der Waals surface area contributed by atoms with Crippen LogP contribution in [0.1, 0.15) is 51.4 Å². The third-order valence-electron chi connectivity index (χ3n) is 11.0. The van der Waals surface area contributed by atoms with Gasteiger partial charge in [0.2, 0.25) is 0 Å². The third kappa shape index (κ3) is 13.4. The normalized spacial score (nSPS) is 19.6. The van der Waals surface area contributed by atoms with Gasteiger partial charge in [-0.2, -0.15) is 8.42 Å². The second-order valence-electron chi connectivity index (χ2n) is 15.7. The van der Waals surface area contributed by atoms with Crippen molar-refractivity contribution in [3.05, 3.63) is 213 Å². The maximum absolute atomic E-state index is 13.2. The van der Waals surface area contributed by atoms with E-state index in [-0.39, 0.29) is 32.8 Å². The average Bonchev–Trinajstić information content (AvgIpc) is 3.29. The second-order valence-corrected chi connectivity index (χ2v) is 17.7. The van der Waals surface area contributed by atoms with Gasteiger partial charge >= 0.3 is 0 Å². The fourth-order valence-electron chi connectivity index (χ4n) is 7.76. The SMILES string of the molecule is CCc1ccc(Cc2ccc(CC(OS(C)(=O)=O)[C@H]3O[C@H](COCc4ccccc4)[C@@H](OCc4ccccc4)[C@H](OCc4ccccc4)[C@H]3OCc3ccccc3)cc2Cl)cc1. The van der Waals surface area contributed by atoms with E-state index in [0.29, 0.717) is 18.1 Å². The lowest BCUT2D eigenvalue weighted by Crippen LogP contribution is -2.64. The standard InChI is InChI=1S/C52H55ClO8S/c1-3-38-24-26-39(27-25-38)30-45-29-28-44(31-46(45)53)32-47(61-62(2,54)55)50-52(59-36-43-22-14-7-15-23-43)51(58-35-42-20-12-6-13-21-42)49(57-34-41-18-10-5-11-19-41)48(60-50)37-56-33-40-16-8-4-9-17-40/h4-29,31,47-52H,3,30,32-37H2,1-2H3/t47?,48-,49-,50-,51+,52+/m1/s1. The summed E-state index contributed by atoms with van der Waals surface area (Å²) in [4.78, 5) is 0. The number of aryl methyl sites for hydroxylation is 1. The van der Waals surface area contributed by atoms with Gasteiger partial charge in [0, 0.05) is 11.4 Å². The lowest BCUT2D eigenvalue weighted by Gasteiger charge is -2.48. The van der Waals surface area contributed by atoms with Gasteiger partial charge in [-0.25, -0.2) is 0 Å². The first-order valence-corrected chi connectivity index (χ1v) is 23.4. The number of rotatable bonds is 21. The maximum Gasteiger partial charge on any atom is 0.264 e. The number of halogens is 1. The zero-order valence-electron chi connectivity index (χ0n) is 35.3. The minimum atomic E-state index is -4.02. The molecule has 1 unspecified atom stereocenters. The minimum Gasteiger partial charge on any atom is -0.374 e. The first kappa shape index (κ1) is 45.3. The predicted octanol–water partition coefficient (Wildman–Crippen LogP) is 10.1. The van der Waals surface area contributed by atoms with Crippen molar-refractivity contribution < 1.29 is 36.3 Å². The number of benzene rings is 6. The van der Waals surface area contributed by atoms with Gasteiger partial charge < -0.3 is 23.7 Å². The molecule has 7 rings (SSSR count). The van der Waals surface area contributed by atoms with E-state index >= 15 is 0 Å². The molecule has 0 bridgehead atoms. The zero-order valence-corrected chi connectivity index (χ0v) is 36.8. The van der Waals surface area contributed by atoms with Gasteiger partial charge in [-0.3, -0.25) is 4.18 Å². The molecule has 0 aliphatic carbocycles. The summed E-state index contributed by atoms with van der Waals surface area (Å²) in [6.07, 6.45) is -2.24. The fourth-order valence-corrected chi connectivity index (χ4v) is 8.66. The van der Waals surface area contributed by atoms with Crippen LogP contribution in [0.25, 0.3) is 0 Å². The van der Waals surface area contributed by atoms with Gasteiger partial charge in [0.25, 0.3) is 10.1 Å². The third-order valence-corrected chi connectivity index (χ3v) is 11.9. The van der Waals surface area contributed by atoms with Crippen LogP contribution in [-0.2, 0) is 83.7 Å². The van der Waals surface area contributed by atoms with Gasteiger partial charge in [-0.1, -0.05) is 176 Å². The Morgan fingerprint density at radius 2 is 1.03 bits per heavy atom. The molecule has 324 valence electrons. The summed E-state index contributed by atoms with van der Waals surface area (Å²) in [6, 6.07) is 53.9. The summed E-state index contributed by atoms with van der Waals surface area (Å²) in [5.74, 6) is 0. The largest absolute Gasteiger partial charge is 0.374 e. The quantitative estimate of drug-likeness (QED) is 0.0661. The smallest absolute Gasteiger partial charge is 0.264 e. The molecule has 6 aromatic carbocycles. The van der Waals surface area contributed by atoms with Crippen LogP contribution < -0.4 is 0 Å². The Labute approximate surface area is 371 Å². The van der Waals surface area contributed by atoms with Crippen molar-refractivity contribution in [1.29, 1.82) is 0 Å². The van der Waals surface area contributed by atoms with Crippen molar-refractivity contribution in [1.82, 2.24) is 0 Å². The molecule has 0 spiro atoms. The number of hydrogen-bond donors (Lipinski definition) is 0. The Hall–Kier alpha value is -4.68. The van der Waals surface area contributed by atoms with E-state index in [9.17, 15) is 8.42 Å². The maximum atomic E-state index is 13.2. The van der Waals surface area contributed by atoms with Crippen LogP contribution >= 0.6 is 11.6 Å². The van der Waals surface area contributed by atoms with E-state index in [1.54, 1.807) is 0 Å². The summed E-state index contributed by atoms with van der Waals surface area (Å²) in [6.45, 7) is 3.29. The summed E-state index contributed by atoms with van der Waals surface area (Å²) >= 11 is 6.98. The molecule has 0 amide bonds. The zero-order chi connectivity index (χ0) is 43.2. The first-order valence-electron chi connectivity index (χ1n) is 21.2. The summed E-state index contributed by atoms with van der Waals surface area (Å²) in [7, 11) is -4.02.